The van der Waals surface area contributed by atoms with Gasteiger partial charge in [-0.15, -0.1) is 24.0 Å². The lowest BCUT2D eigenvalue weighted by Gasteiger charge is -2.06. The molecule has 0 fully saturated rings. The van der Waals surface area contributed by atoms with Gasteiger partial charge in [0.25, 0.3) is 0 Å². The average Bonchev–Trinajstić information content (AvgIpc) is 1.97. The van der Waals surface area contributed by atoms with Crippen LogP contribution in [0, 0.1) is 0 Å². The minimum absolute atomic E-state index is 0. The topological polar surface area (TPSA) is 41.6 Å². The lowest BCUT2D eigenvalue weighted by molar-refractivity contribution is 0.403. The van der Waals surface area contributed by atoms with Gasteiger partial charge >= 0.3 is 0 Å². The lowest BCUT2D eigenvalue weighted by Crippen LogP contribution is -2.16. The Bertz CT molecular complexity index is 126. The monoisotopic (exact) mass is 213 g/mol. The summed E-state index contributed by atoms with van der Waals surface area (Å²) in [5.41, 5.74) is 5.39. The van der Waals surface area contributed by atoms with Crippen LogP contribution < -0.4 is 5.73 Å². The van der Waals surface area contributed by atoms with Crippen molar-refractivity contribution >= 4 is 29.8 Å². The van der Waals surface area contributed by atoms with E-state index < -0.39 is 0 Å². The van der Waals surface area contributed by atoms with Crippen LogP contribution in [0.4, 0.5) is 0 Å². The Balaban J connectivity index is 0. The fourth-order valence-electron chi connectivity index (χ4n) is 0.652. The lowest BCUT2D eigenvalue weighted by atomic mass is 10.4. The highest BCUT2D eigenvalue weighted by Crippen LogP contribution is 1.85. The molecular weight excluding hydrogens is 197 g/mol. The third-order valence-electron chi connectivity index (χ3n) is 1.22. The number of nitrogens with zero attached hydrogens (tertiary/aromatic N) is 2. The molecule has 0 aromatic heterocycles. The number of rotatable bonds is 5. The molecule has 0 amide bonds. The van der Waals surface area contributed by atoms with Gasteiger partial charge in [0.2, 0.25) is 0 Å². The van der Waals surface area contributed by atoms with E-state index in [9.17, 15) is 0 Å². The summed E-state index contributed by atoms with van der Waals surface area (Å²) in [4.78, 5) is 6.17. The predicted molar refractivity (Wildman–Crippen MR) is 57.6 cm³/mol. The van der Waals surface area contributed by atoms with E-state index in [2.05, 4.69) is 9.89 Å². The highest BCUT2D eigenvalue weighted by atomic mass is 35.5. The van der Waals surface area contributed by atoms with Gasteiger partial charge in [0.05, 0.1) is 5.88 Å². The normalized spacial score (nSPS) is 11.5. The van der Waals surface area contributed by atoms with Gasteiger partial charge in [0.1, 0.15) is 5.84 Å². The van der Waals surface area contributed by atoms with Gasteiger partial charge in [-0.3, -0.25) is 4.99 Å². The van der Waals surface area contributed by atoms with E-state index in [1.54, 1.807) is 0 Å². The summed E-state index contributed by atoms with van der Waals surface area (Å²) in [6, 6.07) is 0. The summed E-state index contributed by atoms with van der Waals surface area (Å²) in [6.45, 7) is 1.82. The molecule has 0 rings (SSSR count). The highest BCUT2D eigenvalue weighted by Gasteiger charge is 1.90. The van der Waals surface area contributed by atoms with Crippen LogP contribution in [0.3, 0.4) is 0 Å². The molecule has 0 saturated carbocycles. The van der Waals surface area contributed by atoms with Crippen molar-refractivity contribution in [2.45, 2.75) is 6.42 Å². The largest absolute Gasteiger partial charge is 0.386 e. The first-order chi connectivity index (χ1) is 5.16. The van der Waals surface area contributed by atoms with Crippen molar-refractivity contribution in [3.05, 3.63) is 0 Å². The van der Waals surface area contributed by atoms with E-state index in [0.717, 1.165) is 19.5 Å². The molecule has 3 nitrogen and oxygen atoms in total. The molecule has 0 spiro atoms. The Morgan fingerprint density at radius 1 is 1.50 bits per heavy atom. The van der Waals surface area contributed by atoms with Crippen molar-refractivity contribution in [1.82, 2.24) is 4.90 Å². The van der Waals surface area contributed by atoms with Crippen LogP contribution in [0.1, 0.15) is 6.42 Å². The molecule has 74 valence electrons. The van der Waals surface area contributed by atoms with Crippen molar-refractivity contribution in [1.29, 1.82) is 0 Å². The number of halogens is 2. The molecule has 0 aliphatic carbocycles. The molecule has 2 N–H and O–H groups in total. The fraction of sp³-hybridized carbons (Fsp3) is 0.857. The highest BCUT2D eigenvalue weighted by molar-refractivity contribution is 6.27. The number of aliphatic imine (C=N–C) groups is 1. The third kappa shape index (κ3) is 10.0. The zero-order chi connectivity index (χ0) is 8.69. The first-order valence-corrected chi connectivity index (χ1v) is 4.19. The number of alkyl halides is 1. The van der Waals surface area contributed by atoms with Crippen molar-refractivity contribution in [3.63, 3.8) is 0 Å². The molecule has 0 aromatic rings. The van der Waals surface area contributed by atoms with Gasteiger partial charge in [0, 0.05) is 6.54 Å². The number of hydrogen-bond acceptors (Lipinski definition) is 2. The van der Waals surface area contributed by atoms with Crippen molar-refractivity contribution < 1.29 is 0 Å². The summed E-state index contributed by atoms with van der Waals surface area (Å²) in [6.07, 6.45) is 1.03. The SMILES string of the molecule is CN(C)CCCN=C(N)CCl.Cl. The quantitative estimate of drug-likeness (QED) is 0.320. The van der Waals surface area contributed by atoms with Gasteiger partial charge in [-0.2, -0.15) is 0 Å². The van der Waals surface area contributed by atoms with Gasteiger partial charge in [-0.1, -0.05) is 0 Å². The molecule has 0 radical (unpaired) electrons. The minimum Gasteiger partial charge on any atom is -0.386 e. The smallest absolute Gasteiger partial charge is 0.109 e. The number of hydrogen-bond donors (Lipinski definition) is 1. The Morgan fingerprint density at radius 3 is 2.50 bits per heavy atom. The third-order valence-corrected chi connectivity index (χ3v) is 1.49. The molecule has 0 aromatic carbocycles. The summed E-state index contributed by atoms with van der Waals surface area (Å²) in [5, 5.41) is 0. The van der Waals surface area contributed by atoms with Crippen LogP contribution in [0.2, 0.25) is 0 Å². The molecule has 0 atom stereocenters. The molecule has 0 unspecified atom stereocenters. The predicted octanol–water partition coefficient (Wildman–Crippen LogP) is 0.956. The Hall–Kier alpha value is 0.01000. The van der Waals surface area contributed by atoms with E-state index >= 15 is 0 Å². The zero-order valence-corrected chi connectivity index (χ0v) is 9.16. The minimum atomic E-state index is 0. The van der Waals surface area contributed by atoms with Crippen LogP contribution >= 0.6 is 24.0 Å². The van der Waals surface area contributed by atoms with Gasteiger partial charge in [0.15, 0.2) is 0 Å². The molecule has 0 bridgehead atoms. The van der Waals surface area contributed by atoms with E-state index in [0.29, 0.717) is 11.7 Å². The summed E-state index contributed by atoms with van der Waals surface area (Å²) in [7, 11) is 4.07. The first kappa shape index (κ1) is 14.5. The maximum Gasteiger partial charge on any atom is 0.109 e. The van der Waals surface area contributed by atoms with E-state index in [4.69, 9.17) is 17.3 Å². The number of amidine groups is 1. The Kier molecular flexibility index (Phi) is 11.0. The van der Waals surface area contributed by atoms with E-state index in [1.807, 2.05) is 14.1 Å². The second-order valence-corrected chi connectivity index (χ2v) is 2.93. The molecule has 0 saturated heterocycles. The second kappa shape index (κ2) is 9.10. The van der Waals surface area contributed by atoms with Gasteiger partial charge in [-0.25, -0.2) is 0 Å². The molecule has 0 heterocycles. The molecular formula is C7H17Cl2N3. The van der Waals surface area contributed by atoms with Crippen LogP contribution in [0.15, 0.2) is 4.99 Å². The van der Waals surface area contributed by atoms with Crippen LogP contribution in [0.25, 0.3) is 0 Å². The molecule has 0 aliphatic heterocycles. The van der Waals surface area contributed by atoms with Crippen LogP contribution in [-0.2, 0) is 0 Å². The Morgan fingerprint density at radius 2 is 2.08 bits per heavy atom. The second-order valence-electron chi connectivity index (χ2n) is 2.66. The van der Waals surface area contributed by atoms with Gasteiger partial charge in [-0.05, 0) is 27.1 Å². The summed E-state index contributed by atoms with van der Waals surface area (Å²) in [5.74, 6) is 0.868. The molecule has 0 aliphatic rings. The zero-order valence-electron chi connectivity index (χ0n) is 7.59. The van der Waals surface area contributed by atoms with Crippen molar-refractivity contribution in [3.8, 4) is 0 Å². The summed E-state index contributed by atoms with van der Waals surface area (Å²) < 4.78 is 0. The van der Waals surface area contributed by atoms with Gasteiger partial charge < -0.3 is 10.6 Å². The van der Waals surface area contributed by atoms with Crippen molar-refractivity contribution in [2.24, 2.45) is 10.7 Å². The van der Waals surface area contributed by atoms with Crippen molar-refractivity contribution in [2.75, 3.05) is 33.1 Å². The molecule has 5 heteroatoms. The average molecular weight is 214 g/mol. The number of nitrogens with two attached hydrogens (primary N) is 1. The first-order valence-electron chi connectivity index (χ1n) is 3.66. The van der Waals surface area contributed by atoms with E-state index in [1.165, 1.54) is 0 Å². The Labute approximate surface area is 85.4 Å². The maximum atomic E-state index is 5.43. The summed E-state index contributed by atoms with van der Waals surface area (Å²) >= 11 is 5.43. The molecule has 12 heavy (non-hydrogen) atoms. The van der Waals surface area contributed by atoms with Crippen LogP contribution in [0.5, 0.6) is 0 Å². The maximum absolute atomic E-state index is 5.43. The van der Waals surface area contributed by atoms with E-state index in [-0.39, 0.29) is 12.4 Å². The fourth-order valence-corrected chi connectivity index (χ4v) is 0.736. The standard InChI is InChI=1S/C7H16ClN3.ClH/c1-11(2)5-3-4-10-7(9)6-8;/h3-6H2,1-2H3,(H2,9,10);1H. The van der Waals surface area contributed by atoms with Crippen LogP contribution in [-0.4, -0.2) is 43.8 Å².